The molecule has 0 atom stereocenters. The van der Waals surface area contributed by atoms with Gasteiger partial charge in [-0.1, -0.05) is 0 Å². The van der Waals surface area contributed by atoms with Gasteiger partial charge in [-0.15, -0.1) is 10.2 Å². The lowest BCUT2D eigenvalue weighted by molar-refractivity contribution is 0.937. The zero-order valence-electron chi connectivity index (χ0n) is 9.05. The van der Waals surface area contributed by atoms with Gasteiger partial charge in [-0.05, 0) is 19.1 Å². The van der Waals surface area contributed by atoms with E-state index < -0.39 is 0 Å². The third-order valence-electron chi connectivity index (χ3n) is 3.03. The summed E-state index contributed by atoms with van der Waals surface area (Å²) in [5.74, 6) is 0.820. The van der Waals surface area contributed by atoms with E-state index in [1.165, 1.54) is 12.8 Å². The summed E-state index contributed by atoms with van der Waals surface area (Å²) >= 11 is 1.93. The van der Waals surface area contributed by atoms with Crippen molar-refractivity contribution in [3.63, 3.8) is 0 Å². The number of hydrogen-bond donors (Lipinski definition) is 1. The van der Waals surface area contributed by atoms with Crippen LogP contribution in [0.2, 0.25) is 0 Å². The fourth-order valence-corrected chi connectivity index (χ4v) is 2.45. The van der Waals surface area contributed by atoms with Crippen LogP contribution in [0.15, 0.2) is 18.7 Å². The molecule has 2 aromatic rings. The molecule has 0 bridgehead atoms. The molecule has 1 fully saturated rings. The van der Waals surface area contributed by atoms with Crippen molar-refractivity contribution in [2.75, 3.05) is 18.1 Å². The molecular formula is C10H13N5S. The summed E-state index contributed by atoms with van der Waals surface area (Å²) in [6.07, 6.45) is 10.0. The quantitative estimate of drug-likeness (QED) is 0.869. The second kappa shape index (κ2) is 3.62. The Morgan fingerprint density at radius 1 is 1.56 bits per heavy atom. The molecule has 6 heteroatoms. The van der Waals surface area contributed by atoms with Crippen molar-refractivity contribution in [1.29, 1.82) is 0 Å². The molecule has 0 aliphatic heterocycles. The molecule has 84 valence electrons. The average Bonchev–Trinajstić information content (AvgIpc) is 2.94. The number of nitrogens with zero attached hydrogens (tertiary/aromatic N) is 4. The average molecular weight is 235 g/mol. The van der Waals surface area contributed by atoms with Crippen molar-refractivity contribution in [1.82, 2.24) is 19.6 Å². The van der Waals surface area contributed by atoms with Crippen LogP contribution < -0.4 is 5.32 Å². The second-order valence-electron chi connectivity index (χ2n) is 4.08. The topological polar surface area (TPSA) is 55.1 Å². The minimum atomic E-state index is 0.425. The Morgan fingerprint density at radius 2 is 2.44 bits per heavy atom. The van der Waals surface area contributed by atoms with Gasteiger partial charge in [0.05, 0.1) is 0 Å². The molecule has 0 amide bonds. The van der Waals surface area contributed by atoms with Gasteiger partial charge in [-0.2, -0.15) is 11.8 Å². The summed E-state index contributed by atoms with van der Waals surface area (Å²) in [5.41, 5.74) is 0.791. The van der Waals surface area contributed by atoms with Crippen molar-refractivity contribution in [3.8, 4) is 0 Å². The first-order chi connectivity index (χ1) is 7.83. The monoisotopic (exact) mass is 235 g/mol. The molecule has 0 unspecified atom stereocenters. The Balaban J connectivity index is 1.81. The highest BCUT2D eigenvalue weighted by molar-refractivity contribution is 8.00. The summed E-state index contributed by atoms with van der Waals surface area (Å²) in [4.78, 5) is 4.30. The number of hydrogen-bond acceptors (Lipinski definition) is 5. The minimum Gasteiger partial charge on any atom is -0.366 e. The van der Waals surface area contributed by atoms with Crippen molar-refractivity contribution in [2.45, 2.75) is 17.6 Å². The van der Waals surface area contributed by atoms with Crippen LogP contribution in [0.4, 0.5) is 5.82 Å². The van der Waals surface area contributed by atoms with Gasteiger partial charge in [0.25, 0.3) is 0 Å². The first kappa shape index (κ1) is 9.89. The van der Waals surface area contributed by atoms with Gasteiger partial charge in [0.1, 0.15) is 6.33 Å². The van der Waals surface area contributed by atoms with E-state index in [4.69, 9.17) is 0 Å². The maximum Gasteiger partial charge on any atom is 0.203 e. The van der Waals surface area contributed by atoms with Crippen molar-refractivity contribution in [3.05, 3.63) is 18.7 Å². The van der Waals surface area contributed by atoms with Gasteiger partial charge in [-0.25, -0.2) is 4.98 Å². The molecule has 0 aromatic carbocycles. The molecule has 1 saturated carbocycles. The fraction of sp³-hybridized carbons (Fsp3) is 0.500. The molecule has 2 heterocycles. The Kier molecular flexibility index (Phi) is 2.24. The van der Waals surface area contributed by atoms with E-state index in [-0.39, 0.29) is 0 Å². The highest BCUT2D eigenvalue weighted by Crippen LogP contribution is 2.46. The molecule has 1 aliphatic carbocycles. The molecular weight excluding hydrogens is 222 g/mol. The third-order valence-corrected chi connectivity index (χ3v) is 4.45. The predicted molar refractivity (Wildman–Crippen MR) is 64.8 cm³/mol. The van der Waals surface area contributed by atoms with Crippen LogP contribution >= 0.6 is 11.8 Å². The molecule has 3 rings (SSSR count). The Morgan fingerprint density at radius 3 is 3.19 bits per heavy atom. The molecule has 0 spiro atoms. The van der Waals surface area contributed by atoms with E-state index in [2.05, 4.69) is 26.8 Å². The first-order valence-corrected chi connectivity index (χ1v) is 6.49. The maximum atomic E-state index is 4.30. The largest absolute Gasteiger partial charge is 0.366 e. The molecule has 16 heavy (non-hydrogen) atoms. The SMILES string of the molecule is CSC1(CNc2nccn3cnnc23)CC1. The molecule has 0 radical (unpaired) electrons. The van der Waals surface area contributed by atoms with Crippen molar-refractivity contribution in [2.24, 2.45) is 0 Å². The highest BCUT2D eigenvalue weighted by Gasteiger charge is 2.41. The van der Waals surface area contributed by atoms with Crippen molar-refractivity contribution < 1.29 is 0 Å². The van der Waals surface area contributed by atoms with E-state index in [0.717, 1.165) is 18.0 Å². The third kappa shape index (κ3) is 1.63. The van der Waals surface area contributed by atoms with Crippen LogP contribution in [0.1, 0.15) is 12.8 Å². The van der Waals surface area contributed by atoms with Gasteiger partial charge in [0.15, 0.2) is 5.82 Å². The number of nitrogens with one attached hydrogen (secondary N) is 1. The van der Waals surface area contributed by atoms with E-state index in [1.807, 2.05) is 22.4 Å². The Bertz CT molecular complexity index is 505. The van der Waals surface area contributed by atoms with E-state index in [1.54, 1.807) is 12.5 Å². The molecule has 0 saturated heterocycles. The van der Waals surface area contributed by atoms with E-state index >= 15 is 0 Å². The van der Waals surface area contributed by atoms with Gasteiger partial charge in [0.2, 0.25) is 5.65 Å². The van der Waals surface area contributed by atoms with Crippen molar-refractivity contribution >= 4 is 23.2 Å². The highest BCUT2D eigenvalue weighted by atomic mass is 32.2. The van der Waals surface area contributed by atoms with Crippen LogP contribution in [0.25, 0.3) is 5.65 Å². The van der Waals surface area contributed by atoms with E-state index in [0.29, 0.717) is 4.75 Å². The molecule has 2 aromatic heterocycles. The first-order valence-electron chi connectivity index (χ1n) is 5.26. The smallest absolute Gasteiger partial charge is 0.203 e. The maximum absolute atomic E-state index is 4.30. The lowest BCUT2D eigenvalue weighted by atomic mass is 10.4. The predicted octanol–water partition coefficient (Wildman–Crippen LogP) is 1.43. The van der Waals surface area contributed by atoms with E-state index in [9.17, 15) is 0 Å². The minimum absolute atomic E-state index is 0.425. The number of fused-ring (bicyclic) bond motifs is 1. The second-order valence-corrected chi connectivity index (χ2v) is 5.35. The summed E-state index contributed by atoms with van der Waals surface area (Å²) in [6.45, 7) is 0.952. The number of thioether (sulfide) groups is 1. The molecule has 1 aliphatic rings. The molecule has 5 nitrogen and oxygen atoms in total. The zero-order valence-corrected chi connectivity index (χ0v) is 9.87. The number of anilines is 1. The van der Waals surface area contributed by atoms with Crippen LogP contribution in [0, 0.1) is 0 Å². The molecule has 1 N–H and O–H groups in total. The van der Waals surface area contributed by atoms with Crippen LogP contribution in [0.3, 0.4) is 0 Å². The summed E-state index contributed by atoms with van der Waals surface area (Å²) < 4.78 is 2.29. The van der Waals surface area contributed by atoms with Crippen LogP contribution in [0.5, 0.6) is 0 Å². The number of rotatable bonds is 4. The standard InChI is InChI=1S/C10H13N5S/c1-16-10(2-3-10)6-12-8-9-14-13-7-15(9)5-4-11-8/h4-5,7H,2-3,6H2,1H3,(H,11,12). The fourth-order valence-electron chi connectivity index (χ4n) is 1.72. The summed E-state index contributed by atoms with van der Waals surface area (Å²) in [6, 6.07) is 0. The Labute approximate surface area is 97.7 Å². The zero-order chi connectivity index (χ0) is 11.0. The van der Waals surface area contributed by atoms with Gasteiger partial charge < -0.3 is 5.32 Å². The van der Waals surface area contributed by atoms with Crippen LogP contribution in [-0.4, -0.2) is 37.1 Å². The van der Waals surface area contributed by atoms with Gasteiger partial charge in [0, 0.05) is 23.7 Å². The van der Waals surface area contributed by atoms with Crippen LogP contribution in [-0.2, 0) is 0 Å². The Hall–Kier alpha value is -1.30. The lowest BCUT2D eigenvalue weighted by Gasteiger charge is -2.13. The van der Waals surface area contributed by atoms with Gasteiger partial charge >= 0.3 is 0 Å². The lowest BCUT2D eigenvalue weighted by Crippen LogP contribution is -2.18. The number of aromatic nitrogens is 4. The normalized spacial score (nSPS) is 17.6. The van der Waals surface area contributed by atoms with Gasteiger partial charge in [-0.3, -0.25) is 4.40 Å². The summed E-state index contributed by atoms with van der Waals surface area (Å²) in [5, 5.41) is 11.3. The summed E-state index contributed by atoms with van der Waals surface area (Å²) in [7, 11) is 0.